The van der Waals surface area contributed by atoms with E-state index in [1.165, 1.54) is 22.3 Å². The molecule has 0 radical (unpaired) electrons. The summed E-state index contributed by atoms with van der Waals surface area (Å²) in [6, 6.07) is 4.79. The van der Waals surface area contributed by atoms with Crippen LogP contribution in [0.15, 0.2) is 12.1 Å². The van der Waals surface area contributed by atoms with Crippen LogP contribution in [0.5, 0.6) is 0 Å². The van der Waals surface area contributed by atoms with Crippen LogP contribution in [0, 0.1) is 6.92 Å². The van der Waals surface area contributed by atoms with Crippen molar-refractivity contribution in [2.45, 2.75) is 65.8 Å². The third kappa shape index (κ3) is 4.07. The molecule has 0 amide bonds. The number of hydrogen-bond acceptors (Lipinski definition) is 1. The molecule has 0 aliphatic rings. The number of benzene rings is 1. The first-order chi connectivity index (χ1) is 8.43. The highest BCUT2D eigenvalue weighted by Crippen LogP contribution is 2.34. The van der Waals surface area contributed by atoms with Crippen molar-refractivity contribution >= 4 is 0 Å². The van der Waals surface area contributed by atoms with E-state index in [2.05, 4.69) is 79.6 Å². The predicted molar refractivity (Wildman–Crippen MR) is 86.0 cm³/mol. The molecule has 0 heterocycles. The summed E-state index contributed by atoms with van der Waals surface area (Å²) < 4.78 is 0. The van der Waals surface area contributed by atoms with Crippen molar-refractivity contribution < 1.29 is 0 Å². The molecule has 19 heavy (non-hydrogen) atoms. The van der Waals surface area contributed by atoms with Gasteiger partial charge in [-0.1, -0.05) is 53.7 Å². The van der Waals surface area contributed by atoms with E-state index in [-0.39, 0.29) is 10.8 Å². The average Bonchev–Trinajstić information content (AvgIpc) is 2.16. The summed E-state index contributed by atoms with van der Waals surface area (Å²) in [5, 5.41) is 0. The summed E-state index contributed by atoms with van der Waals surface area (Å²) in [6.07, 6.45) is 0. The van der Waals surface area contributed by atoms with Crippen LogP contribution in [-0.2, 0) is 17.4 Å². The highest BCUT2D eigenvalue weighted by atomic mass is 15.0. The van der Waals surface area contributed by atoms with Gasteiger partial charge >= 0.3 is 0 Å². The number of nitrogens with zero attached hydrogens (tertiary/aromatic N) is 1. The molecule has 1 heteroatoms. The second kappa shape index (κ2) is 5.28. The van der Waals surface area contributed by atoms with Crippen molar-refractivity contribution in [3.63, 3.8) is 0 Å². The molecule has 1 rings (SSSR count). The maximum absolute atomic E-state index is 2.39. The molecule has 0 saturated heterocycles. The highest BCUT2D eigenvalue weighted by Gasteiger charge is 2.24. The van der Waals surface area contributed by atoms with E-state index in [0.29, 0.717) is 0 Å². The molecule has 1 aromatic carbocycles. The zero-order valence-electron chi connectivity index (χ0n) is 14.3. The number of hydrogen-bond donors (Lipinski definition) is 0. The second-order valence-corrected chi connectivity index (χ2v) is 8.05. The van der Waals surface area contributed by atoms with Crippen LogP contribution in [0.4, 0.5) is 0 Å². The molecular weight excluding hydrogens is 230 g/mol. The molecule has 0 fully saturated rings. The van der Waals surface area contributed by atoms with Crippen LogP contribution < -0.4 is 0 Å². The Bertz CT molecular complexity index is 407. The van der Waals surface area contributed by atoms with Gasteiger partial charge in [-0.2, -0.15) is 0 Å². The first-order valence-electron chi connectivity index (χ1n) is 7.22. The summed E-state index contributed by atoms with van der Waals surface area (Å²) in [5.41, 5.74) is 6.25. The van der Waals surface area contributed by atoms with Crippen molar-refractivity contribution in [2.75, 3.05) is 14.1 Å². The third-order valence-electron chi connectivity index (χ3n) is 3.58. The van der Waals surface area contributed by atoms with Crippen molar-refractivity contribution in [3.8, 4) is 0 Å². The zero-order valence-corrected chi connectivity index (χ0v) is 14.3. The molecule has 0 unspecified atom stereocenters. The first-order valence-corrected chi connectivity index (χ1v) is 7.22. The fourth-order valence-electron chi connectivity index (χ4n) is 2.79. The molecule has 0 atom stereocenters. The molecule has 1 aromatic rings. The quantitative estimate of drug-likeness (QED) is 0.749. The Labute approximate surface area is 120 Å². The standard InChI is InChI=1S/C18H31N/c1-13-15(17(2,3)4)10-14(12-19(8)9)11-16(13)18(5,6)7/h10-11H,12H2,1-9H3. The SMILES string of the molecule is Cc1c(C(C)(C)C)cc(CN(C)C)cc1C(C)(C)C. The van der Waals surface area contributed by atoms with Gasteiger partial charge in [0.1, 0.15) is 0 Å². The maximum atomic E-state index is 2.39. The van der Waals surface area contributed by atoms with Crippen molar-refractivity contribution in [3.05, 3.63) is 34.4 Å². The van der Waals surface area contributed by atoms with Gasteiger partial charge in [0.05, 0.1) is 0 Å². The van der Waals surface area contributed by atoms with Gasteiger partial charge in [0.15, 0.2) is 0 Å². The Morgan fingerprint density at radius 1 is 0.842 bits per heavy atom. The molecule has 0 aliphatic carbocycles. The van der Waals surface area contributed by atoms with Crippen LogP contribution in [-0.4, -0.2) is 19.0 Å². The molecular formula is C18H31N. The summed E-state index contributed by atoms with van der Waals surface area (Å²) in [7, 11) is 4.26. The van der Waals surface area contributed by atoms with Gasteiger partial charge in [-0.15, -0.1) is 0 Å². The minimum absolute atomic E-state index is 0.201. The van der Waals surface area contributed by atoms with E-state index in [9.17, 15) is 0 Å². The van der Waals surface area contributed by atoms with Crippen molar-refractivity contribution in [1.29, 1.82) is 0 Å². The molecule has 0 bridgehead atoms. The van der Waals surface area contributed by atoms with E-state index in [1.807, 2.05) is 0 Å². The van der Waals surface area contributed by atoms with Crippen LogP contribution in [0.25, 0.3) is 0 Å². The molecule has 0 aromatic heterocycles. The Hall–Kier alpha value is -0.820. The monoisotopic (exact) mass is 261 g/mol. The van der Waals surface area contributed by atoms with Crippen LogP contribution in [0.1, 0.15) is 63.8 Å². The van der Waals surface area contributed by atoms with E-state index in [1.54, 1.807) is 0 Å². The Balaban J connectivity index is 3.48. The maximum Gasteiger partial charge on any atom is 0.0227 e. The van der Waals surface area contributed by atoms with Gasteiger partial charge in [0, 0.05) is 6.54 Å². The van der Waals surface area contributed by atoms with Gasteiger partial charge in [0.25, 0.3) is 0 Å². The Kier molecular flexibility index (Phi) is 4.51. The fourth-order valence-corrected chi connectivity index (χ4v) is 2.79. The lowest BCUT2D eigenvalue weighted by atomic mass is 9.76. The van der Waals surface area contributed by atoms with Gasteiger partial charge in [-0.25, -0.2) is 0 Å². The fraction of sp³-hybridized carbons (Fsp3) is 0.667. The van der Waals surface area contributed by atoms with Crippen molar-refractivity contribution in [1.82, 2.24) is 4.90 Å². The van der Waals surface area contributed by atoms with Gasteiger partial charge in [-0.3, -0.25) is 0 Å². The normalized spacial score (nSPS) is 13.2. The topological polar surface area (TPSA) is 3.24 Å². The predicted octanol–water partition coefficient (Wildman–Crippen LogP) is 4.65. The Morgan fingerprint density at radius 3 is 1.47 bits per heavy atom. The van der Waals surface area contributed by atoms with Crippen LogP contribution in [0.2, 0.25) is 0 Å². The smallest absolute Gasteiger partial charge is 0.0227 e. The molecule has 0 aliphatic heterocycles. The number of rotatable bonds is 2. The van der Waals surface area contributed by atoms with E-state index in [4.69, 9.17) is 0 Å². The minimum atomic E-state index is 0.201. The molecule has 0 saturated carbocycles. The average molecular weight is 261 g/mol. The highest BCUT2D eigenvalue weighted by molar-refractivity contribution is 5.45. The van der Waals surface area contributed by atoms with Crippen molar-refractivity contribution in [2.24, 2.45) is 0 Å². The Morgan fingerprint density at radius 2 is 1.21 bits per heavy atom. The lowest BCUT2D eigenvalue weighted by Gasteiger charge is -2.30. The van der Waals surface area contributed by atoms with E-state index in [0.717, 1.165) is 6.54 Å². The third-order valence-corrected chi connectivity index (χ3v) is 3.58. The summed E-state index contributed by atoms with van der Waals surface area (Å²) in [4.78, 5) is 2.24. The van der Waals surface area contributed by atoms with Gasteiger partial charge < -0.3 is 4.90 Å². The van der Waals surface area contributed by atoms with E-state index < -0.39 is 0 Å². The summed E-state index contributed by atoms with van der Waals surface area (Å²) in [5.74, 6) is 0. The second-order valence-electron chi connectivity index (χ2n) is 8.05. The lowest BCUT2D eigenvalue weighted by Crippen LogP contribution is -2.21. The first kappa shape index (κ1) is 16.2. The minimum Gasteiger partial charge on any atom is -0.305 e. The zero-order chi connectivity index (χ0) is 15.0. The van der Waals surface area contributed by atoms with E-state index >= 15 is 0 Å². The molecule has 0 N–H and O–H groups in total. The summed E-state index contributed by atoms with van der Waals surface area (Å²) >= 11 is 0. The molecule has 108 valence electrons. The van der Waals surface area contributed by atoms with Crippen LogP contribution in [0.3, 0.4) is 0 Å². The summed E-state index contributed by atoms with van der Waals surface area (Å²) in [6.45, 7) is 17.1. The molecule has 1 nitrogen and oxygen atoms in total. The van der Waals surface area contributed by atoms with Gasteiger partial charge in [-0.05, 0) is 54.1 Å². The lowest BCUT2D eigenvalue weighted by molar-refractivity contribution is 0.401. The van der Waals surface area contributed by atoms with Crippen LogP contribution >= 0.6 is 0 Å². The molecule has 0 spiro atoms. The largest absolute Gasteiger partial charge is 0.305 e. The van der Waals surface area contributed by atoms with Gasteiger partial charge in [0.2, 0.25) is 0 Å².